The molecule has 0 saturated carbocycles. The molecule has 0 aliphatic rings. The molecule has 1 aromatic carbocycles. The van der Waals surface area contributed by atoms with Crippen molar-refractivity contribution in [1.29, 1.82) is 0 Å². The van der Waals surface area contributed by atoms with Crippen LogP contribution >= 0.6 is 15.9 Å². The third-order valence-corrected chi connectivity index (χ3v) is 5.24. The number of carbonyl (C=O) groups excluding carboxylic acids is 1. The minimum atomic E-state index is -0.232. The summed E-state index contributed by atoms with van der Waals surface area (Å²) in [6, 6.07) is 10.0. The van der Waals surface area contributed by atoms with Gasteiger partial charge in [-0.15, -0.1) is 0 Å². The summed E-state index contributed by atoms with van der Waals surface area (Å²) >= 11 is 3.38. The van der Waals surface area contributed by atoms with E-state index in [1.54, 1.807) is 4.68 Å². The molecule has 25 heavy (non-hydrogen) atoms. The number of aromatic nitrogens is 3. The number of nitrogens with one attached hydrogen (secondary N) is 1. The highest BCUT2D eigenvalue weighted by Crippen LogP contribution is 2.24. The van der Waals surface area contributed by atoms with Gasteiger partial charge in [0.1, 0.15) is 5.82 Å². The maximum absolute atomic E-state index is 12.3. The second kappa shape index (κ2) is 6.96. The third kappa shape index (κ3) is 3.44. The van der Waals surface area contributed by atoms with Crippen LogP contribution in [0.3, 0.4) is 0 Å². The summed E-state index contributed by atoms with van der Waals surface area (Å²) in [5.74, 6) is 1.24. The lowest BCUT2D eigenvalue weighted by molar-refractivity contribution is -0.115. The van der Waals surface area contributed by atoms with E-state index in [0.717, 1.165) is 27.7 Å². The number of aryl methyl sites for hydroxylation is 3. The Kier molecular flexibility index (Phi) is 4.90. The molecule has 2 heterocycles. The summed E-state index contributed by atoms with van der Waals surface area (Å²) in [7, 11) is 0. The molecule has 2 aromatic heterocycles. The number of pyridine rings is 1. The lowest BCUT2D eigenvalue weighted by Crippen LogP contribution is -2.23. The monoisotopic (exact) mass is 400 g/mol. The molecule has 1 amide bonds. The first-order valence-corrected chi connectivity index (χ1v) is 9.21. The zero-order valence-electron chi connectivity index (χ0n) is 14.8. The Morgan fingerprint density at radius 3 is 2.72 bits per heavy atom. The van der Waals surface area contributed by atoms with Crippen molar-refractivity contribution in [2.24, 2.45) is 0 Å². The van der Waals surface area contributed by atoms with Gasteiger partial charge in [0.15, 0.2) is 5.82 Å². The molecule has 1 N–H and O–H groups in total. The fourth-order valence-electron chi connectivity index (χ4n) is 2.81. The number of halogens is 1. The predicted molar refractivity (Wildman–Crippen MR) is 105 cm³/mol. The molecule has 0 saturated heterocycles. The molecule has 1 unspecified atom stereocenters. The summed E-state index contributed by atoms with van der Waals surface area (Å²) in [6.07, 6.45) is 0.714. The molecular weight excluding hydrogens is 380 g/mol. The van der Waals surface area contributed by atoms with E-state index >= 15 is 0 Å². The minimum Gasteiger partial charge on any atom is -0.310 e. The van der Waals surface area contributed by atoms with E-state index in [1.165, 1.54) is 0 Å². The standard InChI is InChI=1S/C19H21BrN4O/c1-5-15(20)19(25)22-17-10-13(4)23-24(17)16-9-12(3)14-8-6-7-11(2)18(14)21-16/h6-10,15H,5H2,1-4H3,(H,22,25). The van der Waals surface area contributed by atoms with Crippen molar-refractivity contribution in [2.45, 2.75) is 38.9 Å². The number of benzene rings is 1. The first-order chi connectivity index (χ1) is 11.9. The van der Waals surface area contributed by atoms with Crippen molar-refractivity contribution >= 4 is 38.6 Å². The normalized spacial score (nSPS) is 12.4. The van der Waals surface area contributed by atoms with Gasteiger partial charge in [-0.2, -0.15) is 9.78 Å². The number of fused-ring (bicyclic) bond motifs is 1. The molecule has 3 aromatic rings. The Bertz CT molecular complexity index is 948. The highest BCUT2D eigenvalue weighted by atomic mass is 79.9. The van der Waals surface area contributed by atoms with Crippen LogP contribution in [0, 0.1) is 20.8 Å². The van der Waals surface area contributed by atoms with E-state index in [9.17, 15) is 4.79 Å². The SMILES string of the molecule is CCC(Br)C(=O)Nc1cc(C)nn1-c1cc(C)c2cccc(C)c2n1. The molecule has 130 valence electrons. The van der Waals surface area contributed by atoms with E-state index in [4.69, 9.17) is 4.98 Å². The van der Waals surface area contributed by atoms with Gasteiger partial charge in [0.2, 0.25) is 5.91 Å². The number of hydrogen-bond donors (Lipinski definition) is 1. The highest BCUT2D eigenvalue weighted by molar-refractivity contribution is 9.10. The quantitative estimate of drug-likeness (QED) is 0.657. The van der Waals surface area contributed by atoms with Gasteiger partial charge in [0.05, 0.1) is 16.0 Å². The zero-order valence-corrected chi connectivity index (χ0v) is 16.4. The molecule has 0 spiro atoms. The minimum absolute atomic E-state index is 0.0858. The first kappa shape index (κ1) is 17.6. The fraction of sp³-hybridized carbons (Fsp3) is 0.316. The number of rotatable bonds is 4. The number of para-hydroxylation sites is 1. The van der Waals surface area contributed by atoms with Crippen molar-refractivity contribution < 1.29 is 4.79 Å². The molecule has 0 fully saturated rings. The summed E-state index contributed by atoms with van der Waals surface area (Å²) in [5, 5.41) is 8.59. The van der Waals surface area contributed by atoms with Crippen LogP contribution in [-0.2, 0) is 4.79 Å². The molecule has 1 atom stereocenters. The number of alkyl halides is 1. The predicted octanol–water partition coefficient (Wildman–Crippen LogP) is 4.46. The van der Waals surface area contributed by atoms with Crippen LogP contribution in [0.25, 0.3) is 16.7 Å². The van der Waals surface area contributed by atoms with Crippen LogP contribution in [0.4, 0.5) is 5.82 Å². The van der Waals surface area contributed by atoms with Crippen LogP contribution in [0.5, 0.6) is 0 Å². The molecule has 0 bridgehead atoms. The second-order valence-corrected chi connectivity index (χ2v) is 7.32. The van der Waals surface area contributed by atoms with Gasteiger partial charge < -0.3 is 5.32 Å². The summed E-state index contributed by atoms with van der Waals surface area (Å²) in [5.41, 5.74) is 4.02. The maximum atomic E-state index is 12.3. The number of nitrogens with zero attached hydrogens (tertiary/aromatic N) is 3. The van der Waals surface area contributed by atoms with Gasteiger partial charge in [0, 0.05) is 11.5 Å². The summed E-state index contributed by atoms with van der Waals surface area (Å²) in [4.78, 5) is 16.8. The van der Waals surface area contributed by atoms with E-state index < -0.39 is 0 Å². The van der Waals surface area contributed by atoms with E-state index in [0.29, 0.717) is 18.1 Å². The molecule has 0 radical (unpaired) electrons. The van der Waals surface area contributed by atoms with Gasteiger partial charge in [0.25, 0.3) is 0 Å². The molecule has 6 heteroatoms. The first-order valence-electron chi connectivity index (χ1n) is 8.29. The number of anilines is 1. The van der Waals surface area contributed by atoms with E-state index in [-0.39, 0.29) is 10.7 Å². The Balaban J connectivity index is 2.10. The van der Waals surface area contributed by atoms with Gasteiger partial charge in [-0.25, -0.2) is 4.98 Å². The fourth-order valence-corrected chi connectivity index (χ4v) is 2.92. The van der Waals surface area contributed by atoms with E-state index in [1.807, 2.05) is 45.0 Å². The summed E-state index contributed by atoms with van der Waals surface area (Å²) < 4.78 is 1.70. The molecule has 0 aliphatic heterocycles. The largest absolute Gasteiger partial charge is 0.310 e. The van der Waals surface area contributed by atoms with Crippen molar-refractivity contribution in [3.05, 3.63) is 47.2 Å². The Morgan fingerprint density at radius 1 is 1.24 bits per heavy atom. The van der Waals surface area contributed by atoms with Crippen LogP contribution in [-0.4, -0.2) is 25.5 Å². The van der Waals surface area contributed by atoms with Crippen LogP contribution in [0.1, 0.15) is 30.2 Å². The lowest BCUT2D eigenvalue weighted by Gasteiger charge is -2.12. The number of carbonyl (C=O) groups is 1. The summed E-state index contributed by atoms with van der Waals surface area (Å²) in [6.45, 7) is 7.97. The van der Waals surface area contributed by atoms with Crippen LogP contribution < -0.4 is 5.32 Å². The lowest BCUT2D eigenvalue weighted by atomic mass is 10.1. The van der Waals surface area contributed by atoms with Crippen molar-refractivity contribution in [2.75, 3.05) is 5.32 Å². The number of hydrogen-bond acceptors (Lipinski definition) is 3. The smallest absolute Gasteiger partial charge is 0.239 e. The Morgan fingerprint density at radius 2 is 2.00 bits per heavy atom. The zero-order chi connectivity index (χ0) is 18.1. The van der Waals surface area contributed by atoms with Gasteiger partial charge in [-0.3, -0.25) is 4.79 Å². The third-order valence-electron chi connectivity index (χ3n) is 4.18. The average molecular weight is 401 g/mol. The highest BCUT2D eigenvalue weighted by Gasteiger charge is 2.17. The van der Waals surface area contributed by atoms with Gasteiger partial charge in [-0.1, -0.05) is 41.1 Å². The molecule has 5 nitrogen and oxygen atoms in total. The number of amides is 1. The van der Waals surface area contributed by atoms with Crippen molar-refractivity contribution in [3.8, 4) is 5.82 Å². The molecule has 3 rings (SSSR count). The van der Waals surface area contributed by atoms with Crippen LogP contribution in [0.15, 0.2) is 30.3 Å². The van der Waals surface area contributed by atoms with Crippen LogP contribution in [0.2, 0.25) is 0 Å². The van der Waals surface area contributed by atoms with Crippen molar-refractivity contribution in [3.63, 3.8) is 0 Å². The van der Waals surface area contributed by atoms with E-state index in [2.05, 4.69) is 39.3 Å². The Hall–Kier alpha value is -2.21. The average Bonchev–Trinajstić information content (AvgIpc) is 2.95. The second-order valence-electron chi connectivity index (χ2n) is 6.22. The molecule has 0 aliphatic carbocycles. The molecular formula is C19H21BrN4O. The maximum Gasteiger partial charge on any atom is 0.239 e. The van der Waals surface area contributed by atoms with Gasteiger partial charge >= 0.3 is 0 Å². The Labute approximate surface area is 155 Å². The van der Waals surface area contributed by atoms with Crippen molar-refractivity contribution in [1.82, 2.24) is 14.8 Å². The topological polar surface area (TPSA) is 59.8 Å². The van der Waals surface area contributed by atoms with Gasteiger partial charge in [-0.05, 0) is 44.4 Å².